The maximum atomic E-state index is 12.3. The number of para-hydroxylation sites is 1. The second-order valence-corrected chi connectivity index (χ2v) is 9.74. The fourth-order valence-corrected chi connectivity index (χ4v) is 4.62. The minimum atomic E-state index is -0.309. The zero-order valence-electron chi connectivity index (χ0n) is 23.5. The van der Waals surface area contributed by atoms with Gasteiger partial charge in [-0.3, -0.25) is 4.79 Å². The Morgan fingerprint density at radius 3 is 2.59 bits per heavy atom. The highest BCUT2D eigenvalue weighted by molar-refractivity contribution is 6.02. The molecule has 5 rings (SSSR count). The second kappa shape index (κ2) is 12.6. The van der Waals surface area contributed by atoms with Crippen molar-refractivity contribution in [3.05, 3.63) is 79.4 Å². The van der Waals surface area contributed by atoms with Crippen molar-refractivity contribution in [2.24, 2.45) is 0 Å². The Morgan fingerprint density at radius 2 is 1.88 bits per heavy atom. The molecule has 0 radical (unpaired) electrons. The van der Waals surface area contributed by atoms with Crippen LogP contribution >= 0.6 is 0 Å². The van der Waals surface area contributed by atoms with Crippen molar-refractivity contribution in [2.45, 2.75) is 6.54 Å². The average Bonchev–Trinajstić information content (AvgIpc) is 3.41. The van der Waals surface area contributed by atoms with E-state index in [4.69, 9.17) is 19.4 Å². The van der Waals surface area contributed by atoms with Crippen LogP contribution in [-0.2, 0) is 16.1 Å². The van der Waals surface area contributed by atoms with Crippen molar-refractivity contribution in [1.29, 1.82) is 0 Å². The standard InChI is InChI=1S/C30H34N8O3/c1-5-29(39)33-23-17-24(27(40-4)18-26(23)37-13-15-41-16-14-37)35-30-31-12-11-22(34-30)25-19-38(21-9-7-6-8-10-21)28(32-25)20-36(2)3/h5-12,17-19H,1,13-16,20H2,2-4H3,(H,33,39)(H,31,34,35). The number of nitrogens with zero attached hydrogens (tertiary/aromatic N) is 6. The molecule has 0 bridgehead atoms. The number of hydrogen-bond donors (Lipinski definition) is 2. The number of aromatic nitrogens is 4. The van der Waals surface area contributed by atoms with Crippen LogP contribution in [0.4, 0.5) is 23.0 Å². The SMILES string of the molecule is C=CC(=O)Nc1cc(Nc2nccc(-c3cn(-c4ccccc4)c(CN(C)C)n3)n2)c(OC)cc1N1CCOCC1. The molecule has 3 heterocycles. The maximum absolute atomic E-state index is 12.3. The number of ether oxygens (including phenoxy) is 2. The average molecular weight is 555 g/mol. The molecule has 1 fully saturated rings. The quantitative estimate of drug-likeness (QED) is 0.280. The largest absolute Gasteiger partial charge is 0.494 e. The van der Waals surface area contributed by atoms with Crippen LogP contribution in [-0.4, -0.2) is 77.8 Å². The third-order valence-electron chi connectivity index (χ3n) is 6.55. The molecule has 1 saturated heterocycles. The molecule has 2 aromatic heterocycles. The Morgan fingerprint density at radius 1 is 1.10 bits per heavy atom. The summed E-state index contributed by atoms with van der Waals surface area (Å²) in [5.41, 5.74) is 4.47. The number of methoxy groups -OCH3 is 1. The first kappa shape index (κ1) is 27.8. The highest BCUT2D eigenvalue weighted by atomic mass is 16.5. The molecular weight excluding hydrogens is 520 g/mol. The first-order chi connectivity index (χ1) is 19.9. The van der Waals surface area contributed by atoms with E-state index in [-0.39, 0.29) is 5.91 Å². The lowest BCUT2D eigenvalue weighted by Crippen LogP contribution is -2.36. The molecule has 2 N–H and O–H groups in total. The summed E-state index contributed by atoms with van der Waals surface area (Å²) in [5, 5.41) is 6.19. The third kappa shape index (κ3) is 6.53. The Kier molecular flexibility index (Phi) is 8.56. The molecule has 0 atom stereocenters. The lowest BCUT2D eigenvalue weighted by Gasteiger charge is -2.31. The van der Waals surface area contributed by atoms with E-state index in [1.807, 2.05) is 68.8 Å². The predicted molar refractivity (Wildman–Crippen MR) is 160 cm³/mol. The Labute approximate surface area is 239 Å². The van der Waals surface area contributed by atoms with Crippen molar-refractivity contribution in [3.8, 4) is 22.8 Å². The van der Waals surface area contributed by atoms with Crippen molar-refractivity contribution in [2.75, 3.05) is 63.0 Å². The number of benzene rings is 2. The van der Waals surface area contributed by atoms with Gasteiger partial charge in [0.2, 0.25) is 11.9 Å². The van der Waals surface area contributed by atoms with E-state index in [0.29, 0.717) is 61.6 Å². The van der Waals surface area contributed by atoms with Crippen molar-refractivity contribution in [1.82, 2.24) is 24.4 Å². The van der Waals surface area contributed by atoms with Crippen LogP contribution in [0, 0.1) is 0 Å². The molecule has 11 heteroatoms. The molecule has 4 aromatic rings. The maximum Gasteiger partial charge on any atom is 0.247 e. The summed E-state index contributed by atoms with van der Waals surface area (Å²) in [4.78, 5) is 30.6. The molecule has 1 amide bonds. The number of carbonyl (C=O) groups is 1. The topological polar surface area (TPSA) is 110 Å². The number of imidazole rings is 1. The van der Waals surface area contributed by atoms with E-state index >= 15 is 0 Å². The summed E-state index contributed by atoms with van der Waals surface area (Å²) in [6.07, 6.45) is 4.92. The smallest absolute Gasteiger partial charge is 0.247 e. The van der Waals surface area contributed by atoms with E-state index in [2.05, 4.69) is 36.6 Å². The van der Waals surface area contributed by atoms with Gasteiger partial charge in [-0.25, -0.2) is 15.0 Å². The van der Waals surface area contributed by atoms with Gasteiger partial charge in [0.25, 0.3) is 0 Å². The zero-order chi connectivity index (χ0) is 28.8. The fraction of sp³-hybridized carbons (Fsp3) is 0.267. The van der Waals surface area contributed by atoms with Crippen LogP contribution in [0.25, 0.3) is 17.1 Å². The van der Waals surface area contributed by atoms with Gasteiger partial charge in [-0.05, 0) is 44.4 Å². The van der Waals surface area contributed by atoms with Crippen molar-refractivity contribution >= 4 is 28.9 Å². The number of amides is 1. The number of rotatable bonds is 10. The molecule has 0 spiro atoms. The molecule has 212 valence electrons. The summed E-state index contributed by atoms with van der Waals surface area (Å²) in [6, 6.07) is 15.6. The highest BCUT2D eigenvalue weighted by Gasteiger charge is 2.20. The molecule has 1 aliphatic rings. The van der Waals surface area contributed by atoms with E-state index in [1.165, 1.54) is 6.08 Å². The molecule has 41 heavy (non-hydrogen) atoms. The Bertz CT molecular complexity index is 1510. The van der Waals surface area contributed by atoms with E-state index in [1.54, 1.807) is 13.3 Å². The van der Waals surface area contributed by atoms with Crippen LogP contribution in [0.15, 0.2) is 73.6 Å². The molecular formula is C30H34N8O3. The van der Waals surface area contributed by atoms with Gasteiger partial charge in [-0.2, -0.15) is 0 Å². The summed E-state index contributed by atoms with van der Waals surface area (Å²) in [5.74, 6) is 1.53. The van der Waals surface area contributed by atoms with Gasteiger partial charge >= 0.3 is 0 Å². The van der Waals surface area contributed by atoms with Crippen LogP contribution in [0.1, 0.15) is 5.82 Å². The Balaban J connectivity index is 1.49. The molecule has 11 nitrogen and oxygen atoms in total. The normalized spacial score (nSPS) is 13.2. The second-order valence-electron chi connectivity index (χ2n) is 9.74. The summed E-state index contributed by atoms with van der Waals surface area (Å²) < 4.78 is 13.3. The lowest BCUT2D eigenvalue weighted by atomic mass is 10.1. The molecule has 0 unspecified atom stereocenters. The Hall–Kier alpha value is -4.74. The monoisotopic (exact) mass is 554 g/mol. The summed E-state index contributed by atoms with van der Waals surface area (Å²) >= 11 is 0. The van der Waals surface area contributed by atoms with E-state index in [0.717, 1.165) is 22.9 Å². The van der Waals surface area contributed by atoms with E-state index in [9.17, 15) is 4.79 Å². The van der Waals surface area contributed by atoms with Gasteiger partial charge in [-0.15, -0.1) is 0 Å². The predicted octanol–water partition coefficient (Wildman–Crippen LogP) is 4.10. The number of carbonyl (C=O) groups excluding carboxylic acids is 1. The van der Waals surface area contributed by atoms with Crippen molar-refractivity contribution < 1.29 is 14.3 Å². The molecule has 2 aromatic carbocycles. The number of anilines is 4. The first-order valence-electron chi connectivity index (χ1n) is 13.3. The first-order valence-corrected chi connectivity index (χ1v) is 13.3. The summed E-state index contributed by atoms with van der Waals surface area (Å²) in [7, 11) is 5.63. The molecule has 1 aliphatic heterocycles. The molecule has 0 saturated carbocycles. The van der Waals surface area contributed by atoms with Crippen LogP contribution in [0.3, 0.4) is 0 Å². The molecule has 0 aliphatic carbocycles. The minimum absolute atomic E-state index is 0.309. The van der Waals surface area contributed by atoms with Gasteiger partial charge in [0.1, 0.15) is 17.3 Å². The number of hydrogen-bond acceptors (Lipinski definition) is 9. The number of nitrogens with one attached hydrogen (secondary N) is 2. The third-order valence-corrected chi connectivity index (χ3v) is 6.55. The number of morpholine rings is 1. The zero-order valence-corrected chi connectivity index (χ0v) is 23.5. The van der Waals surface area contributed by atoms with Crippen molar-refractivity contribution in [3.63, 3.8) is 0 Å². The minimum Gasteiger partial charge on any atom is -0.494 e. The van der Waals surface area contributed by atoms with Gasteiger partial charge in [0.15, 0.2) is 0 Å². The van der Waals surface area contributed by atoms with Gasteiger partial charge < -0.3 is 34.5 Å². The van der Waals surface area contributed by atoms with E-state index < -0.39 is 0 Å². The summed E-state index contributed by atoms with van der Waals surface area (Å²) in [6.45, 7) is 6.86. The lowest BCUT2D eigenvalue weighted by molar-refractivity contribution is -0.111. The van der Waals surface area contributed by atoms with Crippen LogP contribution < -0.4 is 20.3 Å². The van der Waals surface area contributed by atoms with Gasteiger partial charge in [-0.1, -0.05) is 24.8 Å². The van der Waals surface area contributed by atoms with Gasteiger partial charge in [0.05, 0.1) is 49.6 Å². The van der Waals surface area contributed by atoms with Crippen LogP contribution in [0.2, 0.25) is 0 Å². The van der Waals surface area contributed by atoms with Crippen LogP contribution in [0.5, 0.6) is 5.75 Å². The fourth-order valence-electron chi connectivity index (χ4n) is 4.62. The van der Waals surface area contributed by atoms with Gasteiger partial charge in [0, 0.05) is 37.2 Å². The highest BCUT2D eigenvalue weighted by Crippen LogP contribution is 2.38.